The van der Waals surface area contributed by atoms with Gasteiger partial charge >= 0.3 is 6.03 Å². The zero-order valence-corrected chi connectivity index (χ0v) is 14.1. The summed E-state index contributed by atoms with van der Waals surface area (Å²) in [4.78, 5) is 26.1. The lowest BCUT2D eigenvalue weighted by atomic mass is 10.2. The monoisotopic (exact) mass is 336 g/mol. The molecule has 0 spiro atoms. The highest BCUT2D eigenvalue weighted by Gasteiger charge is 2.30. The molecule has 0 radical (unpaired) electrons. The largest absolute Gasteiger partial charge is 0.355 e. The van der Waals surface area contributed by atoms with Gasteiger partial charge in [0, 0.05) is 31.4 Å². The summed E-state index contributed by atoms with van der Waals surface area (Å²) in [5.74, 6) is -0.323. The fourth-order valence-electron chi connectivity index (χ4n) is 2.70. The van der Waals surface area contributed by atoms with Crippen molar-refractivity contribution >= 4 is 17.6 Å². The lowest BCUT2D eigenvalue weighted by Crippen LogP contribution is -2.46. The van der Waals surface area contributed by atoms with Gasteiger partial charge in [-0.15, -0.1) is 0 Å². The van der Waals surface area contributed by atoms with Crippen LogP contribution in [0.3, 0.4) is 0 Å². The van der Waals surface area contributed by atoms with Crippen LogP contribution in [0.15, 0.2) is 24.3 Å². The highest BCUT2D eigenvalue weighted by Crippen LogP contribution is 2.14. The number of rotatable bonds is 6. The van der Waals surface area contributed by atoms with E-state index >= 15 is 0 Å². The highest BCUT2D eigenvalue weighted by atomic mass is 19.1. The molecule has 132 valence electrons. The molecule has 1 heterocycles. The van der Waals surface area contributed by atoms with Crippen LogP contribution in [0.25, 0.3) is 0 Å². The van der Waals surface area contributed by atoms with E-state index in [1.54, 1.807) is 0 Å². The van der Waals surface area contributed by atoms with Crippen molar-refractivity contribution in [1.29, 1.82) is 0 Å². The molecule has 2 rings (SSSR count). The second kappa shape index (κ2) is 8.63. The van der Waals surface area contributed by atoms with E-state index in [0.29, 0.717) is 18.8 Å². The molecule has 1 fully saturated rings. The molecular weight excluding hydrogens is 311 g/mol. The van der Waals surface area contributed by atoms with Gasteiger partial charge in [0.2, 0.25) is 5.91 Å². The van der Waals surface area contributed by atoms with E-state index in [4.69, 9.17) is 0 Å². The number of carbonyl (C=O) groups excluding carboxylic acids is 2. The minimum absolute atomic E-state index is 0.00752. The van der Waals surface area contributed by atoms with E-state index in [9.17, 15) is 14.0 Å². The van der Waals surface area contributed by atoms with Gasteiger partial charge in [0.15, 0.2) is 0 Å². The van der Waals surface area contributed by atoms with Crippen LogP contribution in [0.2, 0.25) is 0 Å². The molecule has 24 heavy (non-hydrogen) atoms. The number of anilines is 1. The summed E-state index contributed by atoms with van der Waals surface area (Å²) in [5.41, 5.74) is 0.538. The fraction of sp³-hybridized carbons (Fsp3) is 0.529. The molecule has 3 amide bonds. The fourth-order valence-corrected chi connectivity index (χ4v) is 2.70. The van der Waals surface area contributed by atoms with Crippen molar-refractivity contribution in [1.82, 2.24) is 15.5 Å². The van der Waals surface area contributed by atoms with Crippen molar-refractivity contribution < 1.29 is 14.0 Å². The Labute approximate surface area is 141 Å². The van der Waals surface area contributed by atoms with E-state index < -0.39 is 0 Å². The van der Waals surface area contributed by atoms with E-state index in [-0.39, 0.29) is 29.8 Å². The molecule has 1 aliphatic heterocycles. The topological polar surface area (TPSA) is 73.5 Å². The first kappa shape index (κ1) is 18.2. The third-order valence-electron chi connectivity index (χ3n) is 4.13. The first-order chi connectivity index (χ1) is 11.5. The minimum atomic E-state index is -0.345. The number of nitrogens with zero attached hydrogens (tertiary/aromatic N) is 1. The predicted octanol–water partition coefficient (Wildman–Crippen LogP) is 1.94. The Kier molecular flexibility index (Phi) is 6.54. The summed E-state index contributed by atoms with van der Waals surface area (Å²) < 4.78 is 12.8. The molecule has 6 nitrogen and oxygen atoms in total. The summed E-state index contributed by atoms with van der Waals surface area (Å²) in [7, 11) is 0. The number of likely N-dealkylation sites (tertiary alicyclic amines) is 1. The van der Waals surface area contributed by atoms with Gasteiger partial charge in [-0.05, 0) is 44.0 Å². The van der Waals surface area contributed by atoms with E-state index in [2.05, 4.69) is 20.9 Å². The number of nitrogens with one attached hydrogen (secondary N) is 3. The van der Waals surface area contributed by atoms with Crippen molar-refractivity contribution in [2.45, 2.75) is 38.8 Å². The normalized spacial score (nSPS) is 18.9. The standard InChI is InChI=1S/C17H25FN4O2/c1-3-9-19-16(23)12(2)22-10-8-15(11-22)21-17(24)20-14-6-4-13(18)5-7-14/h4-7,12,15H,3,8-11H2,1-2H3,(H,19,23)(H2,20,21,24)/t12-,15-/m1/s1. The molecule has 0 saturated carbocycles. The van der Waals surface area contributed by atoms with Gasteiger partial charge in [0.05, 0.1) is 6.04 Å². The maximum absolute atomic E-state index is 12.8. The van der Waals surface area contributed by atoms with Gasteiger partial charge in [-0.3, -0.25) is 9.69 Å². The molecule has 0 bridgehead atoms. The molecule has 1 aliphatic rings. The third-order valence-corrected chi connectivity index (χ3v) is 4.13. The van der Waals surface area contributed by atoms with Gasteiger partial charge in [-0.2, -0.15) is 0 Å². The maximum atomic E-state index is 12.8. The number of amides is 3. The number of hydrogen-bond donors (Lipinski definition) is 3. The summed E-state index contributed by atoms with van der Waals surface area (Å²) in [6.07, 6.45) is 1.70. The molecule has 0 aliphatic carbocycles. The van der Waals surface area contributed by atoms with Crippen molar-refractivity contribution in [3.63, 3.8) is 0 Å². The van der Waals surface area contributed by atoms with Crippen LogP contribution in [-0.4, -0.2) is 48.6 Å². The first-order valence-electron chi connectivity index (χ1n) is 8.34. The quantitative estimate of drug-likeness (QED) is 0.743. The number of carbonyl (C=O) groups is 2. The second-order valence-corrected chi connectivity index (χ2v) is 6.05. The van der Waals surface area contributed by atoms with E-state index in [1.807, 2.05) is 13.8 Å². The summed E-state index contributed by atoms with van der Waals surface area (Å²) in [6, 6.07) is 5.07. The Morgan fingerprint density at radius 3 is 2.71 bits per heavy atom. The zero-order chi connectivity index (χ0) is 17.5. The van der Waals surface area contributed by atoms with Crippen LogP contribution in [-0.2, 0) is 4.79 Å². The van der Waals surface area contributed by atoms with E-state index in [0.717, 1.165) is 19.4 Å². The Morgan fingerprint density at radius 1 is 1.33 bits per heavy atom. The highest BCUT2D eigenvalue weighted by molar-refractivity contribution is 5.89. The van der Waals surface area contributed by atoms with Crippen LogP contribution in [0.4, 0.5) is 14.9 Å². The maximum Gasteiger partial charge on any atom is 0.319 e. The zero-order valence-electron chi connectivity index (χ0n) is 14.1. The van der Waals surface area contributed by atoms with Gasteiger partial charge in [-0.25, -0.2) is 9.18 Å². The Morgan fingerprint density at radius 2 is 2.04 bits per heavy atom. The van der Waals surface area contributed by atoms with Crippen LogP contribution in [0, 0.1) is 5.82 Å². The van der Waals surface area contributed by atoms with Gasteiger partial charge in [0.1, 0.15) is 5.82 Å². The van der Waals surface area contributed by atoms with Crippen LogP contribution in [0.1, 0.15) is 26.7 Å². The molecule has 2 atom stereocenters. The van der Waals surface area contributed by atoms with Crippen molar-refractivity contribution in [2.24, 2.45) is 0 Å². The molecular formula is C17H25FN4O2. The average Bonchev–Trinajstić information content (AvgIpc) is 3.02. The molecule has 1 aromatic carbocycles. The van der Waals surface area contributed by atoms with Gasteiger partial charge < -0.3 is 16.0 Å². The second-order valence-electron chi connectivity index (χ2n) is 6.05. The number of benzene rings is 1. The number of urea groups is 1. The summed E-state index contributed by atoms with van der Waals surface area (Å²) in [6.45, 7) is 5.98. The summed E-state index contributed by atoms with van der Waals surface area (Å²) in [5, 5.41) is 8.46. The van der Waals surface area contributed by atoms with Crippen LogP contribution >= 0.6 is 0 Å². The van der Waals surface area contributed by atoms with Crippen LogP contribution < -0.4 is 16.0 Å². The Balaban J connectivity index is 1.77. The van der Waals surface area contributed by atoms with Crippen LogP contribution in [0.5, 0.6) is 0 Å². The molecule has 1 aromatic rings. The smallest absolute Gasteiger partial charge is 0.319 e. The molecule has 7 heteroatoms. The van der Waals surface area contributed by atoms with Crippen molar-refractivity contribution in [3.05, 3.63) is 30.1 Å². The van der Waals surface area contributed by atoms with Crippen molar-refractivity contribution in [2.75, 3.05) is 25.0 Å². The molecule has 3 N–H and O–H groups in total. The van der Waals surface area contributed by atoms with Crippen molar-refractivity contribution in [3.8, 4) is 0 Å². The van der Waals surface area contributed by atoms with Gasteiger partial charge in [0.25, 0.3) is 0 Å². The van der Waals surface area contributed by atoms with E-state index in [1.165, 1.54) is 24.3 Å². The Hall–Kier alpha value is -2.15. The SMILES string of the molecule is CCCNC(=O)[C@@H](C)N1CC[C@@H](NC(=O)Nc2ccc(F)cc2)C1. The number of halogens is 1. The summed E-state index contributed by atoms with van der Waals surface area (Å²) >= 11 is 0. The minimum Gasteiger partial charge on any atom is -0.355 e. The third kappa shape index (κ3) is 5.19. The molecule has 1 saturated heterocycles. The molecule has 0 unspecified atom stereocenters. The first-order valence-corrected chi connectivity index (χ1v) is 8.34. The Bertz CT molecular complexity index is 564. The average molecular weight is 336 g/mol. The number of hydrogen-bond acceptors (Lipinski definition) is 3. The molecule has 0 aromatic heterocycles. The predicted molar refractivity (Wildman–Crippen MR) is 91.3 cm³/mol. The lowest BCUT2D eigenvalue weighted by molar-refractivity contribution is -0.125. The van der Waals surface area contributed by atoms with Gasteiger partial charge in [-0.1, -0.05) is 6.92 Å². The lowest BCUT2D eigenvalue weighted by Gasteiger charge is -2.23.